The van der Waals surface area contributed by atoms with Gasteiger partial charge in [-0.05, 0) is 0 Å². The third-order valence-corrected chi connectivity index (χ3v) is 6.78. The zero-order chi connectivity index (χ0) is 20.6. The van der Waals surface area contributed by atoms with Crippen LogP contribution < -0.4 is 9.20 Å². The van der Waals surface area contributed by atoms with E-state index < -0.39 is 0 Å². The molecule has 0 saturated carbocycles. The second-order valence-corrected chi connectivity index (χ2v) is 9.07. The molecule has 0 aliphatic carbocycles. The number of ether oxygens (including phenoxy) is 2. The molecule has 0 aliphatic heterocycles. The molecule has 0 aliphatic rings. The molecule has 3 nitrogen and oxygen atoms in total. The number of carbonyl (C=O) groups excluding carboxylic acids is 1. The van der Waals surface area contributed by atoms with Crippen LogP contribution in [0.15, 0.2) is 66.7 Å². The van der Waals surface area contributed by atoms with E-state index in [1.165, 1.54) is 26.7 Å². The van der Waals surface area contributed by atoms with Crippen molar-refractivity contribution in [3.8, 4) is 16.9 Å². The van der Waals surface area contributed by atoms with E-state index in [0.29, 0.717) is 21.6 Å². The first-order valence-electron chi connectivity index (χ1n) is 9.73. The van der Waals surface area contributed by atoms with Crippen LogP contribution in [-0.4, -0.2) is 34.1 Å². The van der Waals surface area contributed by atoms with Crippen LogP contribution in [0.4, 0.5) is 0 Å². The van der Waals surface area contributed by atoms with E-state index in [4.69, 9.17) is 9.47 Å². The molecule has 3 rings (SSSR count). The Labute approximate surface area is 179 Å². The summed E-state index contributed by atoms with van der Waals surface area (Å²) in [4.78, 5) is 11.4. The van der Waals surface area contributed by atoms with E-state index in [1.54, 1.807) is 6.92 Å². The van der Waals surface area contributed by atoms with Crippen molar-refractivity contribution in [1.82, 2.24) is 0 Å². The molecular weight excluding hydrogens is 427 g/mol. The van der Waals surface area contributed by atoms with Crippen LogP contribution in [0.25, 0.3) is 11.1 Å². The molecule has 150 valence electrons. The van der Waals surface area contributed by atoms with Gasteiger partial charge in [0, 0.05) is 0 Å². The van der Waals surface area contributed by atoms with E-state index in [0.717, 1.165) is 16.6 Å². The molecule has 0 radical (unpaired) electrons. The van der Waals surface area contributed by atoms with Gasteiger partial charge in [0.2, 0.25) is 0 Å². The van der Waals surface area contributed by atoms with E-state index >= 15 is 0 Å². The summed E-state index contributed by atoms with van der Waals surface area (Å²) in [7, 11) is 0. The minimum atomic E-state index is -0.339. The van der Waals surface area contributed by atoms with Crippen molar-refractivity contribution in [2.45, 2.75) is 26.1 Å². The van der Waals surface area contributed by atoms with Crippen molar-refractivity contribution in [2.24, 2.45) is 0 Å². The van der Waals surface area contributed by atoms with E-state index in [2.05, 4.69) is 67.6 Å². The molecule has 0 fully saturated rings. The first-order valence-corrected chi connectivity index (χ1v) is 11.8. The van der Waals surface area contributed by atoms with Gasteiger partial charge >= 0.3 is 179 Å². The Morgan fingerprint density at radius 2 is 1.55 bits per heavy atom. The molecule has 3 aromatic carbocycles. The summed E-state index contributed by atoms with van der Waals surface area (Å²) in [6, 6.07) is 23.7. The van der Waals surface area contributed by atoms with Crippen LogP contribution in [0, 0.1) is 13.8 Å². The number of hydrogen-bond donors (Lipinski definition) is 0. The van der Waals surface area contributed by atoms with E-state index in [1.807, 2.05) is 13.0 Å². The topological polar surface area (TPSA) is 35.5 Å². The summed E-state index contributed by atoms with van der Waals surface area (Å²) in [6.07, 6.45) is 0. The molecule has 0 spiro atoms. The van der Waals surface area contributed by atoms with Gasteiger partial charge in [0.15, 0.2) is 0 Å². The summed E-state index contributed by atoms with van der Waals surface area (Å²) >= 11 is 0.343. The molecule has 0 atom stereocenters. The molecule has 4 heteroatoms. The molecule has 0 unspecified atom stereocenters. The monoisotopic (exact) mass is 454 g/mol. The Morgan fingerprint density at radius 3 is 2.17 bits per heavy atom. The zero-order valence-electron chi connectivity index (χ0n) is 17.1. The third-order valence-electron chi connectivity index (χ3n) is 4.54. The summed E-state index contributed by atoms with van der Waals surface area (Å²) in [5.41, 5.74) is 6.17. The second-order valence-electron chi connectivity index (χ2n) is 6.87. The standard InChI is InChI=1S/C25H26O3Se/c1-4-27-25(26)16-28-24-14-13-23(15-19(24)3)29-17-20-7-11-22(12-8-20)21-9-5-18(2)6-10-21/h5-15H,4,16-17H2,1-3H3. The van der Waals surface area contributed by atoms with Gasteiger partial charge in [-0.2, -0.15) is 0 Å². The van der Waals surface area contributed by atoms with Crippen molar-refractivity contribution >= 4 is 25.4 Å². The zero-order valence-corrected chi connectivity index (χ0v) is 18.8. The molecule has 0 amide bonds. The number of benzene rings is 3. The predicted octanol–water partition coefficient (Wildman–Crippen LogP) is 4.44. The molecule has 0 bridgehead atoms. The van der Waals surface area contributed by atoms with Crippen LogP contribution in [0.5, 0.6) is 5.75 Å². The van der Waals surface area contributed by atoms with Crippen molar-refractivity contribution in [2.75, 3.05) is 13.2 Å². The Hall–Kier alpha value is -2.55. The van der Waals surface area contributed by atoms with Crippen LogP contribution >= 0.6 is 0 Å². The molecule has 3 aromatic rings. The number of aryl methyl sites for hydroxylation is 2. The van der Waals surface area contributed by atoms with Crippen molar-refractivity contribution in [3.63, 3.8) is 0 Å². The van der Waals surface area contributed by atoms with Crippen molar-refractivity contribution in [1.29, 1.82) is 0 Å². The average molecular weight is 453 g/mol. The number of carbonyl (C=O) groups is 1. The fraction of sp³-hybridized carbons (Fsp3) is 0.240. The first-order chi connectivity index (χ1) is 14.0. The van der Waals surface area contributed by atoms with Crippen LogP contribution in [0.1, 0.15) is 23.6 Å². The maximum absolute atomic E-state index is 11.4. The van der Waals surface area contributed by atoms with E-state index in [9.17, 15) is 4.79 Å². The van der Waals surface area contributed by atoms with Crippen LogP contribution in [0.3, 0.4) is 0 Å². The molecular formula is C25H26O3Se. The molecule has 0 heterocycles. The Kier molecular flexibility index (Phi) is 7.51. The number of esters is 1. The quantitative estimate of drug-likeness (QED) is 0.374. The summed E-state index contributed by atoms with van der Waals surface area (Å²) < 4.78 is 11.8. The van der Waals surface area contributed by atoms with Gasteiger partial charge in [0.05, 0.1) is 0 Å². The van der Waals surface area contributed by atoms with E-state index in [-0.39, 0.29) is 12.6 Å². The van der Waals surface area contributed by atoms with Crippen molar-refractivity contribution in [3.05, 3.63) is 83.4 Å². The average Bonchev–Trinajstić information content (AvgIpc) is 2.73. The van der Waals surface area contributed by atoms with Crippen LogP contribution in [0.2, 0.25) is 0 Å². The first kappa shape index (κ1) is 21.2. The second kappa shape index (κ2) is 10.3. The summed E-state index contributed by atoms with van der Waals surface area (Å²) in [5, 5.41) is 1.05. The molecule has 0 saturated heterocycles. The fourth-order valence-corrected chi connectivity index (χ4v) is 4.91. The van der Waals surface area contributed by atoms with Gasteiger partial charge in [0.25, 0.3) is 0 Å². The maximum atomic E-state index is 11.4. The van der Waals surface area contributed by atoms with Gasteiger partial charge < -0.3 is 0 Å². The summed E-state index contributed by atoms with van der Waals surface area (Å²) in [5.74, 6) is 0.398. The number of rotatable bonds is 8. The Morgan fingerprint density at radius 1 is 0.897 bits per heavy atom. The molecule has 29 heavy (non-hydrogen) atoms. The predicted molar refractivity (Wildman–Crippen MR) is 119 cm³/mol. The Bertz CT molecular complexity index is 947. The van der Waals surface area contributed by atoms with Crippen molar-refractivity contribution < 1.29 is 14.3 Å². The number of hydrogen-bond acceptors (Lipinski definition) is 3. The third kappa shape index (κ3) is 6.22. The van der Waals surface area contributed by atoms with Gasteiger partial charge in [-0.25, -0.2) is 0 Å². The SMILES string of the molecule is CCOC(=O)COc1ccc([Se]Cc2ccc(-c3ccc(C)cc3)cc2)cc1C. The normalized spacial score (nSPS) is 10.6. The molecule has 0 N–H and O–H groups in total. The van der Waals surface area contributed by atoms with Gasteiger partial charge in [-0.15, -0.1) is 0 Å². The Balaban J connectivity index is 1.56. The molecule has 0 aromatic heterocycles. The van der Waals surface area contributed by atoms with Crippen LogP contribution in [-0.2, 0) is 14.9 Å². The summed E-state index contributed by atoms with van der Waals surface area (Å²) in [6.45, 7) is 6.23. The van der Waals surface area contributed by atoms with Gasteiger partial charge in [0.1, 0.15) is 0 Å². The minimum absolute atomic E-state index is 0.0491. The fourth-order valence-electron chi connectivity index (χ4n) is 2.92. The van der Waals surface area contributed by atoms with Gasteiger partial charge in [-0.1, -0.05) is 0 Å². The van der Waals surface area contributed by atoms with Gasteiger partial charge in [-0.3, -0.25) is 0 Å².